The average molecular weight is 445 g/mol. The van der Waals surface area contributed by atoms with Crippen molar-refractivity contribution < 1.29 is 25.2 Å². The van der Waals surface area contributed by atoms with Gasteiger partial charge in [0.15, 0.2) is 5.13 Å². The van der Waals surface area contributed by atoms with Gasteiger partial charge in [-0.05, 0) is 29.7 Å². The van der Waals surface area contributed by atoms with Gasteiger partial charge in [0.2, 0.25) is 5.91 Å². The van der Waals surface area contributed by atoms with Crippen molar-refractivity contribution in [2.75, 3.05) is 17.6 Å². The van der Waals surface area contributed by atoms with Crippen LogP contribution in [-0.2, 0) is 23.4 Å². The molecule has 0 spiro atoms. The SMILES string of the molecule is Nc1nc(C(O)(O)C(=O)Nc2ccc(CC(O)(O)NCCc3ccccc3)cc2)cs1. The maximum absolute atomic E-state index is 12.2. The van der Waals surface area contributed by atoms with Crippen molar-refractivity contribution in [3.63, 3.8) is 0 Å². The van der Waals surface area contributed by atoms with E-state index in [2.05, 4.69) is 15.6 Å². The van der Waals surface area contributed by atoms with Crippen molar-refractivity contribution in [2.24, 2.45) is 0 Å². The number of nitrogen functional groups attached to an aromatic ring is 1. The average Bonchev–Trinajstić information content (AvgIpc) is 3.17. The molecule has 0 saturated carbocycles. The minimum Gasteiger partial charge on any atom is -0.375 e. The topological polar surface area (TPSA) is 161 Å². The minimum atomic E-state index is -2.83. The first-order valence-electron chi connectivity index (χ1n) is 9.46. The summed E-state index contributed by atoms with van der Waals surface area (Å²) in [6, 6.07) is 15.9. The third-order valence-corrected chi connectivity index (χ3v) is 5.20. The maximum Gasteiger partial charge on any atom is 0.291 e. The molecule has 9 nitrogen and oxygen atoms in total. The van der Waals surface area contributed by atoms with E-state index in [1.165, 1.54) is 17.5 Å². The molecule has 0 fully saturated rings. The predicted molar refractivity (Wildman–Crippen MR) is 117 cm³/mol. The fraction of sp³-hybridized carbons (Fsp3) is 0.238. The quantitative estimate of drug-likeness (QED) is 0.235. The van der Waals surface area contributed by atoms with Gasteiger partial charge in [0.1, 0.15) is 5.69 Å². The number of thiazole rings is 1. The molecule has 164 valence electrons. The van der Waals surface area contributed by atoms with Crippen LogP contribution in [0.1, 0.15) is 16.8 Å². The highest BCUT2D eigenvalue weighted by atomic mass is 32.1. The molecule has 3 rings (SSSR count). The van der Waals surface area contributed by atoms with Gasteiger partial charge < -0.3 is 31.5 Å². The summed E-state index contributed by atoms with van der Waals surface area (Å²) in [6.45, 7) is 0.376. The molecule has 1 amide bonds. The summed E-state index contributed by atoms with van der Waals surface area (Å²) in [5.74, 6) is -6.03. The number of aliphatic hydroxyl groups is 4. The van der Waals surface area contributed by atoms with Gasteiger partial charge in [-0.15, -0.1) is 11.3 Å². The lowest BCUT2D eigenvalue weighted by atomic mass is 10.1. The lowest BCUT2D eigenvalue weighted by Crippen LogP contribution is -2.47. The highest BCUT2D eigenvalue weighted by Gasteiger charge is 2.38. The van der Waals surface area contributed by atoms with E-state index in [9.17, 15) is 25.2 Å². The predicted octanol–water partition coefficient (Wildman–Crippen LogP) is 0.515. The molecular formula is C21H24N4O5S. The molecule has 31 heavy (non-hydrogen) atoms. The summed E-state index contributed by atoms with van der Waals surface area (Å²) in [5.41, 5.74) is 7.17. The van der Waals surface area contributed by atoms with Gasteiger partial charge in [-0.2, -0.15) is 0 Å². The van der Waals surface area contributed by atoms with Gasteiger partial charge in [-0.1, -0.05) is 42.5 Å². The Hall–Kier alpha value is -2.86. The Morgan fingerprint density at radius 2 is 1.68 bits per heavy atom. The Morgan fingerprint density at radius 1 is 1.00 bits per heavy atom. The van der Waals surface area contributed by atoms with Crippen molar-refractivity contribution in [3.05, 3.63) is 76.8 Å². The van der Waals surface area contributed by atoms with Crippen LogP contribution in [0.2, 0.25) is 0 Å². The lowest BCUT2D eigenvalue weighted by molar-refractivity contribution is -0.185. The van der Waals surface area contributed by atoms with E-state index in [0.29, 0.717) is 24.2 Å². The Labute approximate surface area is 182 Å². The molecule has 0 aliphatic heterocycles. The number of benzene rings is 2. The van der Waals surface area contributed by atoms with Gasteiger partial charge in [0.25, 0.3) is 11.7 Å². The minimum absolute atomic E-state index is 0.0853. The van der Waals surface area contributed by atoms with Crippen molar-refractivity contribution in [2.45, 2.75) is 24.5 Å². The molecule has 0 atom stereocenters. The van der Waals surface area contributed by atoms with Crippen LogP contribution in [-0.4, -0.2) is 43.8 Å². The molecule has 3 aromatic rings. The van der Waals surface area contributed by atoms with E-state index in [4.69, 9.17) is 5.73 Å². The second-order valence-corrected chi connectivity index (χ2v) is 7.94. The van der Waals surface area contributed by atoms with Crippen LogP contribution in [0, 0.1) is 0 Å². The number of nitrogens with one attached hydrogen (secondary N) is 2. The number of hydrogen-bond acceptors (Lipinski definition) is 9. The van der Waals surface area contributed by atoms with Crippen LogP contribution in [0.4, 0.5) is 10.8 Å². The first-order valence-corrected chi connectivity index (χ1v) is 10.3. The molecular weight excluding hydrogens is 420 g/mol. The van der Waals surface area contributed by atoms with Gasteiger partial charge in [-0.25, -0.2) is 4.98 Å². The largest absolute Gasteiger partial charge is 0.375 e. The zero-order valence-corrected chi connectivity index (χ0v) is 17.3. The van der Waals surface area contributed by atoms with Crippen LogP contribution >= 0.6 is 11.3 Å². The van der Waals surface area contributed by atoms with Crippen LogP contribution in [0.25, 0.3) is 0 Å². The Morgan fingerprint density at radius 3 is 2.29 bits per heavy atom. The van der Waals surface area contributed by atoms with E-state index in [1.807, 2.05) is 30.3 Å². The van der Waals surface area contributed by atoms with E-state index in [1.54, 1.807) is 12.1 Å². The summed E-state index contributed by atoms with van der Waals surface area (Å²) >= 11 is 0.980. The summed E-state index contributed by atoms with van der Waals surface area (Å²) in [4.78, 5) is 15.9. The molecule has 8 N–H and O–H groups in total. The third kappa shape index (κ3) is 6.31. The molecule has 0 bridgehead atoms. The number of amides is 1. The van der Waals surface area contributed by atoms with Crippen molar-refractivity contribution in [1.82, 2.24) is 10.3 Å². The number of rotatable bonds is 9. The van der Waals surface area contributed by atoms with E-state index < -0.39 is 17.6 Å². The number of nitrogens with two attached hydrogens (primary N) is 1. The van der Waals surface area contributed by atoms with E-state index in [-0.39, 0.29) is 17.2 Å². The Kier molecular flexibility index (Phi) is 7.01. The number of anilines is 2. The number of hydrogen-bond donors (Lipinski definition) is 7. The second-order valence-electron chi connectivity index (χ2n) is 7.05. The Balaban J connectivity index is 1.53. The molecule has 0 aliphatic carbocycles. The Bertz CT molecular complexity index is 1010. The zero-order valence-electron chi connectivity index (χ0n) is 16.5. The standard InChI is InChI=1S/C21H24N4O5S/c22-19-25-17(13-31-19)21(29,30)18(26)24-16-8-6-15(7-9-16)12-20(27,28)23-11-10-14-4-2-1-3-5-14/h1-9,13,23,27-30H,10-12H2,(H2,22,25)(H,24,26). The monoisotopic (exact) mass is 444 g/mol. The van der Waals surface area contributed by atoms with Crippen molar-refractivity contribution >= 4 is 28.1 Å². The van der Waals surface area contributed by atoms with E-state index >= 15 is 0 Å². The smallest absolute Gasteiger partial charge is 0.291 e. The summed E-state index contributed by atoms with van der Waals surface area (Å²) in [5, 5.41) is 47.0. The number of nitrogens with zero attached hydrogens (tertiary/aromatic N) is 1. The highest BCUT2D eigenvalue weighted by molar-refractivity contribution is 7.13. The molecule has 1 heterocycles. The van der Waals surface area contributed by atoms with Crippen molar-refractivity contribution in [1.29, 1.82) is 0 Å². The molecule has 1 aromatic heterocycles. The van der Waals surface area contributed by atoms with Crippen LogP contribution in [0.5, 0.6) is 0 Å². The zero-order chi connectivity index (χ0) is 22.5. The van der Waals surface area contributed by atoms with E-state index in [0.717, 1.165) is 16.9 Å². The van der Waals surface area contributed by atoms with Gasteiger partial charge in [0.05, 0.1) is 0 Å². The first-order chi connectivity index (χ1) is 14.7. The fourth-order valence-electron chi connectivity index (χ4n) is 2.89. The fourth-order valence-corrected chi connectivity index (χ4v) is 3.49. The number of aromatic nitrogens is 1. The number of carbonyl (C=O) groups excluding carboxylic acids is 1. The van der Waals surface area contributed by atoms with Gasteiger partial charge >= 0.3 is 0 Å². The summed E-state index contributed by atoms with van der Waals surface area (Å²) in [7, 11) is 0. The van der Waals surface area contributed by atoms with Gasteiger partial charge in [0, 0.05) is 24.0 Å². The maximum atomic E-state index is 12.2. The van der Waals surface area contributed by atoms with Crippen LogP contribution in [0.15, 0.2) is 60.0 Å². The van der Waals surface area contributed by atoms with Gasteiger partial charge in [-0.3, -0.25) is 10.1 Å². The highest BCUT2D eigenvalue weighted by Crippen LogP contribution is 2.24. The third-order valence-electron chi connectivity index (χ3n) is 4.52. The molecule has 10 heteroatoms. The molecule has 0 aliphatic rings. The first kappa shape index (κ1) is 22.8. The summed E-state index contributed by atoms with van der Waals surface area (Å²) in [6.07, 6.45) is 0.557. The molecule has 2 aromatic carbocycles. The van der Waals surface area contributed by atoms with Crippen LogP contribution < -0.4 is 16.4 Å². The normalized spacial score (nSPS) is 12.0. The van der Waals surface area contributed by atoms with Crippen LogP contribution in [0.3, 0.4) is 0 Å². The van der Waals surface area contributed by atoms with Crippen molar-refractivity contribution in [3.8, 4) is 0 Å². The number of carbonyl (C=O) groups is 1. The molecule has 0 saturated heterocycles. The molecule has 0 radical (unpaired) electrons. The molecule has 0 unspecified atom stereocenters. The summed E-state index contributed by atoms with van der Waals surface area (Å²) < 4.78 is 0. The lowest BCUT2D eigenvalue weighted by Gasteiger charge is -2.23. The second kappa shape index (κ2) is 9.52.